The standard InChI is InChI=1S/C4H4IN3O2.C4H6N4O2/c2*1-7-2-3(8(9)10)4(5)6-7/h2H,1H3;2H,1H3,(H2,5,6). The molecular formula is C8H10IN7O4. The van der Waals surface area contributed by atoms with Crippen LogP contribution in [0.2, 0.25) is 0 Å². The van der Waals surface area contributed by atoms with Gasteiger partial charge in [-0.05, 0) is 22.6 Å². The van der Waals surface area contributed by atoms with Crippen molar-refractivity contribution in [1.29, 1.82) is 0 Å². The molecule has 0 bridgehead atoms. The van der Waals surface area contributed by atoms with Gasteiger partial charge < -0.3 is 5.73 Å². The maximum absolute atomic E-state index is 10.2. The van der Waals surface area contributed by atoms with E-state index in [-0.39, 0.29) is 17.2 Å². The van der Waals surface area contributed by atoms with Gasteiger partial charge in [-0.1, -0.05) is 0 Å². The minimum Gasteiger partial charge on any atom is -0.376 e. The minimum absolute atomic E-state index is 0.0486. The van der Waals surface area contributed by atoms with E-state index in [1.807, 2.05) is 22.6 Å². The van der Waals surface area contributed by atoms with Crippen molar-refractivity contribution in [2.45, 2.75) is 0 Å². The maximum Gasteiger partial charge on any atom is 0.330 e. The highest BCUT2D eigenvalue weighted by atomic mass is 127. The van der Waals surface area contributed by atoms with Gasteiger partial charge in [0.15, 0.2) is 3.70 Å². The molecule has 12 heteroatoms. The zero-order chi connectivity index (χ0) is 15.4. The smallest absolute Gasteiger partial charge is 0.330 e. The number of halogens is 1. The molecule has 0 saturated heterocycles. The van der Waals surface area contributed by atoms with E-state index in [1.54, 1.807) is 14.1 Å². The summed E-state index contributed by atoms with van der Waals surface area (Å²) in [6.07, 6.45) is 2.64. The van der Waals surface area contributed by atoms with Gasteiger partial charge in [-0.15, -0.1) is 5.10 Å². The monoisotopic (exact) mass is 395 g/mol. The fourth-order valence-electron chi connectivity index (χ4n) is 1.21. The number of nitro groups is 2. The molecule has 11 nitrogen and oxygen atoms in total. The molecule has 0 radical (unpaired) electrons. The lowest BCUT2D eigenvalue weighted by Crippen LogP contribution is -1.92. The predicted octanol–water partition coefficient (Wildman–Crippen LogP) is 0.843. The van der Waals surface area contributed by atoms with Crippen LogP contribution in [0.3, 0.4) is 0 Å². The van der Waals surface area contributed by atoms with Crippen molar-refractivity contribution >= 4 is 39.8 Å². The van der Waals surface area contributed by atoms with Gasteiger partial charge in [0, 0.05) is 14.1 Å². The molecule has 20 heavy (non-hydrogen) atoms. The zero-order valence-corrected chi connectivity index (χ0v) is 12.6. The first-order valence-electron chi connectivity index (χ1n) is 4.99. The summed E-state index contributed by atoms with van der Waals surface area (Å²) in [5.74, 6) is -0.0486. The summed E-state index contributed by atoms with van der Waals surface area (Å²) in [7, 11) is 3.22. The summed E-state index contributed by atoms with van der Waals surface area (Å²) in [6.45, 7) is 0. The van der Waals surface area contributed by atoms with Gasteiger partial charge in [0.2, 0.25) is 5.82 Å². The quantitative estimate of drug-likeness (QED) is 0.450. The predicted molar refractivity (Wildman–Crippen MR) is 76.9 cm³/mol. The molecule has 2 aromatic rings. The van der Waals surface area contributed by atoms with Gasteiger partial charge in [-0.3, -0.25) is 29.6 Å². The van der Waals surface area contributed by atoms with Crippen molar-refractivity contribution in [3.63, 3.8) is 0 Å². The molecule has 0 saturated carbocycles. The van der Waals surface area contributed by atoms with Gasteiger partial charge >= 0.3 is 11.4 Å². The van der Waals surface area contributed by atoms with Crippen molar-refractivity contribution < 1.29 is 9.85 Å². The van der Waals surface area contributed by atoms with Crippen LogP contribution >= 0.6 is 22.6 Å². The van der Waals surface area contributed by atoms with Crippen molar-refractivity contribution in [3.8, 4) is 0 Å². The Hall–Kier alpha value is -2.25. The Labute approximate surface area is 125 Å². The van der Waals surface area contributed by atoms with Crippen LogP contribution in [0.1, 0.15) is 0 Å². The van der Waals surface area contributed by atoms with Crippen LogP contribution in [0.4, 0.5) is 17.2 Å². The largest absolute Gasteiger partial charge is 0.376 e. The van der Waals surface area contributed by atoms with Gasteiger partial charge in [0.05, 0.1) is 9.85 Å². The number of anilines is 1. The second kappa shape index (κ2) is 6.27. The van der Waals surface area contributed by atoms with E-state index in [4.69, 9.17) is 5.73 Å². The molecule has 0 unspecified atom stereocenters. The Morgan fingerprint density at radius 3 is 1.75 bits per heavy atom. The SMILES string of the molecule is Cn1cc([N+](=O)[O-])c(I)n1.Cn1cc([N+](=O)[O-])c(N)n1. The molecule has 2 aromatic heterocycles. The molecule has 2 N–H and O–H groups in total. The van der Waals surface area contributed by atoms with Crippen LogP contribution in [0.15, 0.2) is 12.4 Å². The van der Waals surface area contributed by atoms with E-state index in [0.29, 0.717) is 3.70 Å². The lowest BCUT2D eigenvalue weighted by atomic mass is 10.5. The van der Waals surface area contributed by atoms with E-state index in [0.717, 1.165) is 0 Å². The number of aromatic nitrogens is 4. The molecule has 0 aliphatic heterocycles. The van der Waals surface area contributed by atoms with Crippen LogP contribution in [-0.4, -0.2) is 29.4 Å². The highest BCUT2D eigenvalue weighted by molar-refractivity contribution is 14.1. The Morgan fingerprint density at radius 1 is 1.10 bits per heavy atom. The second-order valence-corrected chi connectivity index (χ2v) is 4.59. The number of nitrogens with zero attached hydrogens (tertiary/aromatic N) is 6. The molecule has 0 fully saturated rings. The lowest BCUT2D eigenvalue weighted by molar-refractivity contribution is -0.385. The normalized spacial score (nSPS) is 9.75. The number of aryl methyl sites for hydroxylation is 2. The molecule has 108 valence electrons. The molecule has 0 aromatic carbocycles. The van der Waals surface area contributed by atoms with Crippen molar-refractivity contribution in [3.05, 3.63) is 36.3 Å². The topological polar surface area (TPSA) is 148 Å². The summed E-state index contributed by atoms with van der Waals surface area (Å²) in [5.41, 5.74) is 5.08. The molecule has 2 heterocycles. The summed E-state index contributed by atoms with van der Waals surface area (Å²) < 4.78 is 3.14. The number of hydrogen-bond donors (Lipinski definition) is 1. The third-order valence-corrected chi connectivity index (χ3v) is 2.76. The minimum atomic E-state index is -0.567. The summed E-state index contributed by atoms with van der Waals surface area (Å²) >= 11 is 1.82. The van der Waals surface area contributed by atoms with Crippen LogP contribution in [0.25, 0.3) is 0 Å². The van der Waals surface area contributed by atoms with Crippen LogP contribution in [0, 0.1) is 23.9 Å². The lowest BCUT2D eigenvalue weighted by Gasteiger charge is -1.81. The summed E-state index contributed by atoms with van der Waals surface area (Å²) in [5, 5.41) is 27.7. The van der Waals surface area contributed by atoms with E-state index < -0.39 is 9.85 Å². The van der Waals surface area contributed by atoms with E-state index >= 15 is 0 Å². The number of nitrogens with two attached hydrogens (primary N) is 1. The number of rotatable bonds is 2. The van der Waals surface area contributed by atoms with E-state index in [9.17, 15) is 20.2 Å². The van der Waals surface area contributed by atoms with Crippen molar-refractivity contribution in [1.82, 2.24) is 19.6 Å². The van der Waals surface area contributed by atoms with Crippen LogP contribution < -0.4 is 5.73 Å². The Kier molecular flexibility index (Phi) is 4.95. The molecule has 0 spiro atoms. The first kappa shape index (κ1) is 15.8. The Bertz CT molecular complexity index is 593. The van der Waals surface area contributed by atoms with E-state index in [2.05, 4.69) is 10.2 Å². The number of hydrogen-bond acceptors (Lipinski definition) is 7. The third kappa shape index (κ3) is 3.87. The highest BCUT2D eigenvalue weighted by Gasteiger charge is 2.15. The van der Waals surface area contributed by atoms with Gasteiger partial charge in [-0.25, -0.2) is 0 Å². The first-order chi connectivity index (χ1) is 9.22. The highest BCUT2D eigenvalue weighted by Crippen LogP contribution is 2.17. The average Bonchev–Trinajstić information content (AvgIpc) is 2.82. The van der Waals surface area contributed by atoms with Crippen molar-refractivity contribution in [2.75, 3.05) is 5.73 Å². The Balaban J connectivity index is 0.000000200. The average molecular weight is 395 g/mol. The van der Waals surface area contributed by atoms with Crippen molar-refractivity contribution in [2.24, 2.45) is 14.1 Å². The van der Waals surface area contributed by atoms with Crippen LogP contribution in [-0.2, 0) is 14.1 Å². The zero-order valence-electron chi connectivity index (χ0n) is 10.4. The number of nitrogen functional groups attached to an aromatic ring is 1. The second-order valence-electron chi connectivity index (χ2n) is 3.57. The summed E-state index contributed by atoms with van der Waals surface area (Å²) in [4.78, 5) is 19.3. The maximum atomic E-state index is 10.2. The first-order valence-corrected chi connectivity index (χ1v) is 6.07. The van der Waals surface area contributed by atoms with Gasteiger partial charge in [0.1, 0.15) is 12.4 Å². The van der Waals surface area contributed by atoms with Crippen LogP contribution in [0.5, 0.6) is 0 Å². The fraction of sp³-hybridized carbons (Fsp3) is 0.250. The third-order valence-electron chi connectivity index (χ3n) is 2.00. The molecule has 0 aliphatic rings. The molecular weight excluding hydrogens is 385 g/mol. The molecule has 0 amide bonds. The van der Waals surface area contributed by atoms with E-state index in [1.165, 1.54) is 21.8 Å². The fourth-order valence-corrected chi connectivity index (χ4v) is 1.88. The molecule has 0 aliphatic carbocycles. The molecule has 0 atom stereocenters. The summed E-state index contributed by atoms with van der Waals surface area (Å²) in [6, 6.07) is 0. The molecule has 2 rings (SSSR count). The van der Waals surface area contributed by atoms with Gasteiger partial charge in [0.25, 0.3) is 0 Å². The Morgan fingerprint density at radius 2 is 1.55 bits per heavy atom. The van der Waals surface area contributed by atoms with Gasteiger partial charge in [-0.2, -0.15) is 5.10 Å².